The van der Waals surface area contributed by atoms with Crippen LogP contribution in [0.2, 0.25) is 0 Å². The van der Waals surface area contributed by atoms with Crippen LogP contribution in [0.25, 0.3) is 0 Å². The molecule has 0 radical (unpaired) electrons. The highest BCUT2D eigenvalue weighted by molar-refractivity contribution is 4.79. The van der Waals surface area contributed by atoms with Gasteiger partial charge in [-0.15, -0.1) is 0 Å². The Kier molecular flexibility index (Phi) is 6.33. The Balaban J connectivity index is 3.95. The molecule has 0 saturated heterocycles. The molecule has 0 aliphatic heterocycles. The first-order valence-electron chi connectivity index (χ1n) is 5.60. The highest BCUT2D eigenvalue weighted by Crippen LogP contribution is 2.09. The number of aliphatic hydroxyl groups is 1. The van der Waals surface area contributed by atoms with Crippen LogP contribution in [0.4, 0.5) is 0 Å². The van der Waals surface area contributed by atoms with Gasteiger partial charge in [-0.2, -0.15) is 0 Å². The van der Waals surface area contributed by atoms with Gasteiger partial charge in [-0.25, -0.2) is 0 Å². The number of aliphatic hydroxyl groups excluding tert-OH is 1. The van der Waals surface area contributed by atoms with Crippen molar-refractivity contribution in [1.29, 1.82) is 0 Å². The second kappa shape index (κ2) is 6.38. The second-order valence-corrected chi connectivity index (χ2v) is 4.45. The van der Waals surface area contributed by atoms with E-state index >= 15 is 0 Å². The zero-order valence-corrected chi connectivity index (χ0v) is 10.1. The molecule has 3 nitrogen and oxygen atoms in total. The van der Waals surface area contributed by atoms with Crippen LogP contribution in [0.5, 0.6) is 0 Å². The van der Waals surface area contributed by atoms with E-state index < -0.39 is 5.54 Å². The number of hydrogen-bond donors (Lipinski definition) is 2. The quantitative estimate of drug-likeness (QED) is 0.652. The lowest BCUT2D eigenvalue weighted by molar-refractivity contribution is 0.156. The minimum absolute atomic E-state index is 0.0606. The van der Waals surface area contributed by atoms with Crippen LogP contribution in [0.1, 0.15) is 40.5 Å². The van der Waals surface area contributed by atoms with E-state index in [1.54, 1.807) is 0 Å². The molecule has 0 aromatic carbocycles. The number of nitrogens with zero attached hydrogens (tertiary/aromatic N) is 1. The minimum atomic E-state index is -0.430. The van der Waals surface area contributed by atoms with E-state index in [9.17, 15) is 0 Å². The van der Waals surface area contributed by atoms with Gasteiger partial charge in [-0.3, -0.25) is 0 Å². The Morgan fingerprint density at radius 2 is 2.00 bits per heavy atom. The van der Waals surface area contributed by atoms with E-state index in [1.165, 1.54) is 0 Å². The Morgan fingerprint density at radius 1 is 1.43 bits per heavy atom. The third kappa shape index (κ3) is 4.94. The first kappa shape index (κ1) is 13.9. The fourth-order valence-electron chi connectivity index (χ4n) is 1.43. The number of hydrogen-bond acceptors (Lipinski definition) is 3. The van der Waals surface area contributed by atoms with Gasteiger partial charge in [0.05, 0.1) is 6.61 Å². The first-order valence-corrected chi connectivity index (χ1v) is 5.60. The molecule has 0 bridgehead atoms. The summed E-state index contributed by atoms with van der Waals surface area (Å²) < 4.78 is 0. The summed E-state index contributed by atoms with van der Waals surface area (Å²) in [5, 5.41) is 9.03. The highest BCUT2D eigenvalue weighted by atomic mass is 16.3. The van der Waals surface area contributed by atoms with Gasteiger partial charge < -0.3 is 15.7 Å². The molecule has 3 N–H and O–H groups in total. The Labute approximate surface area is 88.3 Å². The van der Waals surface area contributed by atoms with Crippen LogP contribution in [-0.4, -0.2) is 41.3 Å². The fraction of sp³-hybridized carbons (Fsp3) is 1.00. The van der Waals surface area contributed by atoms with E-state index in [1.807, 2.05) is 6.92 Å². The van der Waals surface area contributed by atoms with Crippen molar-refractivity contribution in [2.75, 3.05) is 19.7 Å². The summed E-state index contributed by atoms with van der Waals surface area (Å²) in [6, 6.07) is 0.606. The molecule has 0 aromatic rings. The summed E-state index contributed by atoms with van der Waals surface area (Å²) in [4.78, 5) is 2.40. The fourth-order valence-corrected chi connectivity index (χ4v) is 1.43. The lowest BCUT2D eigenvalue weighted by Gasteiger charge is -2.30. The van der Waals surface area contributed by atoms with Gasteiger partial charge >= 0.3 is 0 Å². The smallest absolute Gasteiger partial charge is 0.0608 e. The molecule has 14 heavy (non-hydrogen) atoms. The van der Waals surface area contributed by atoms with Gasteiger partial charge in [0, 0.05) is 18.1 Å². The van der Waals surface area contributed by atoms with Crippen LogP contribution >= 0.6 is 0 Å². The number of rotatable bonds is 7. The van der Waals surface area contributed by atoms with Crippen LogP contribution in [0.15, 0.2) is 0 Å². The minimum Gasteiger partial charge on any atom is -0.394 e. The van der Waals surface area contributed by atoms with Gasteiger partial charge in [0.25, 0.3) is 0 Å². The predicted molar refractivity (Wildman–Crippen MR) is 61.3 cm³/mol. The van der Waals surface area contributed by atoms with Gasteiger partial charge in [0.1, 0.15) is 0 Å². The average molecular weight is 202 g/mol. The molecule has 0 aliphatic rings. The van der Waals surface area contributed by atoms with Crippen molar-refractivity contribution in [3.05, 3.63) is 0 Å². The van der Waals surface area contributed by atoms with Crippen molar-refractivity contribution in [2.24, 2.45) is 5.73 Å². The van der Waals surface area contributed by atoms with Crippen molar-refractivity contribution < 1.29 is 5.11 Å². The van der Waals surface area contributed by atoms with Gasteiger partial charge in [-0.1, -0.05) is 13.8 Å². The summed E-state index contributed by atoms with van der Waals surface area (Å²) >= 11 is 0. The highest BCUT2D eigenvalue weighted by Gasteiger charge is 2.19. The van der Waals surface area contributed by atoms with Crippen LogP contribution in [-0.2, 0) is 0 Å². The number of nitrogens with two attached hydrogens (primary N) is 1. The van der Waals surface area contributed by atoms with E-state index in [0.29, 0.717) is 6.04 Å². The zero-order valence-electron chi connectivity index (χ0n) is 10.1. The molecule has 3 heteroatoms. The molecule has 0 spiro atoms. The van der Waals surface area contributed by atoms with Crippen molar-refractivity contribution in [3.63, 3.8) is 0 Å². The van der Waals surface area contributed by atoms with Crippen molar-refractivity contribution in [1.82, 2.24) is 4.90 Å². The summed E-state index contributed by atoms with van der Waals surface area (Å²) in [7, 11) is 0. The van der Waals surface area contributed by atoms with Gasteiger partial charge in [0.2, 0.25) is 0 Å². The molecule has 0 saturated carbocycles. The molecule has 2 unspecified atom stereocenters. The molecule has 86 valence electrons. The molecule has 0 rings (SSSR count). The molecular weight excluding hydrogens is 176 g/mol. The topological polar surface area (TPSA) is 49.5 Å². The summed E-state index contributed by atoms with van der Waals surface area (Å²) in [5.41, 5.74) is 5.45. The first-order chi connectivity index (χ1) is 6.46. The van der Waals surface area contributed by atoms with E-state index in [2.05, 4.69) is 25.7 Å². The zero-order chi connectivity index (χ0) is 11.2. The van der Waals surface area contributed by atoms with E-state index in [-0.39, 0.29) is 6.61 Å². The molecule has 0 heterocycles. The Bertz CT molecular complexity index is 148. The summed E-state index contributed by atoms with van der Waals surface area (Å²) in [6.07, 6.45) is 2.01. The molecule has 0 aromatic heterocycles. The monoisotopic (exact) mass is 202 g/mol. The van der Waals surface area contributed by atoms with Crippen molar-refractivity contribution >= 4 is 0 Å². The molecule has 0 aliphatic carbocycles. The molecule has 0 fully saturated rings. The maximum atomic E-state index is 9.03. The maximum absolute atomic E-state index is 9.03. The van der Waals surface area contributed by atoms with E-state index in [4.69, 9.17) is 10.8 Å². The second-order valence-electron chi connectivity index (χ2n) is 4.45. The summed E-state index contributed by atoms with van der Waals surface area (Å²) in [6.45, 7) is 10.6. The van der Waals surface area contributed by atoms with Crippen molar-refractivity contribution in [3.8, 4) is 0 Å². The third-order valence-electron chi connectivity index (χ3n) is 2.95. The lowest BCUT2D eigenvalue weighted by Crippen LogP contribution is -2.45. The lowest BCUT2D eigenvalue weighted by atomic mass is 10.00. The van der Waals surface area contributed by atoms with Gasteiger partial charge in [0.15, 0.2) is 0 Å². The van der Waals surface area contributed by atoms with Gasteiger partial charge in [-0.05, 0) is 33.2 Å². The van der Waals surface area contributed by atoms with E-state index in [0.717, 1.165) is 25.9 Å². The SMILES string of the molecule is CCC(C)N(CC)CCC(C)(N)CO. The normalized spacial score (nSPS) is 18.2. The molecule has 0 amide bonds. The van der Waals surface area contributed by atoms with Crippen molar-refractivity contribution in [2.45, 2.75) is 52.1 Å². The standard InChI is InChI=1S/C11H26N2O/c1-5-10(3)13(6-2)8-7-11(4,12)9-14/h10,14H,5-9,12H2,1-4H3. The van der Waals surface area contributed by atoms with Crippen LogP contribution in [0, 0.1) is 0 Å². The Hall–Kier alpha value is -0.120. The Morgan fingerprint density at radius 3 is 2.36 bits per heavy atom. The average Bonchev–Trinajstić information content (AvgIpc) is 2.18. The molecule has 2 atom stereocenters. The maximum Gasteiger partial charge on any atom is 0.0608 e. The largest absolute Gasteiger partial charge is 0.394 e. The van der Waals surface area contributed by atoms with Crippen LogP contribution in [0.3, 0.4) is 0 Å². The third-order valence-corrected chi connectivity index (χ3v) is 2.95. The van der Waals surface area contributed by atoms with Crippen LogP contribution < -0.4 is 5.73 Å². The predicted octanol–water partition coefficient (Wildman–Crippen LogP) is 1.21. The summed E-state index contributed by atoms with van der Waals surface area (Å²) in [5.74, 6) is 0. The molecular formula is C11H26N2O.